The van der Waals surface area contributed by atoms with E-state index in [0.29, 0.717) is 41.8 Å². The van der Waals surface area contributed by atoms with Crippen molar-refractivity contribution in [2.45, 2.75) is 69.5 Å². The molecule has 2 N–H and O–H groups in total. The minimum atomic E-state index is -0.965. The number of piperidine rings is 2. The van der Waals surface area contributed by atoms with Crippen molar-refractivity contribution in [2.75, 3.05) is 37.6 Å². The van der Waals surface area contributed by atoms with E-state index >= 15 is 0 Å². The molecule has 4 aromatic carbocycles. The van der Waals surface area contributed by atoms with Crippen LogP contribution in [0.5, 0.6) is 5.75 Å². The van der Waals surface area contributed by atoms with Gasteiger partial charge in [0.25, 0.3) is 11.8 Å². The summed E-state index contributed by atoms with van der Waals surface area (Å²) in [6.07, 6.45) is 4.09. The Kier molecular flexibility index (Phi) is 9.15. The highest BCUT2D eigenvalue weighted by atomic mass is 16.3. The van der Waals surface area contributed by atoms with Gasteiger partial charge in [-0.1, -0.05) is 48.5 Å². The maximum atomic E-state index is 13.6. The summed E-state index contributed by atoms with van der Waals surface area (Å²) in [5.41, 5.74) is 8.98. The molecule has 0 bridgehead atoms. The summed E-state index contributed by atoms with van der Waals surface area (Å²) < 4.78 is 0. The first kappa shape index (κ1) is 36.5. The maximum Gasteiger partial charge on any atom is 0.262 e. The Bertz CT molecular complexity index is 2290. The Hall–Kier alpha value is -5.81. The largest absolute Gasteiger partial charge is 0.508 e. The number of aryl methyl sites for hydroxylation is 1. The molecule has 5 aliphatic heterocycles. The third-order valence-electron chi connectivity index (χ3n) is 13.7. The van der Waals surface area contributed by atoms with Crippen molar-refractivity contribution >= 4 is 35.2 Å². The van der Waals surface area contributed by atoms with Crippen LogP contribution < -0.4 is 10.2 Å². The summed E-state index contributed by atoms with van der Waals surface area (Å²) in [5.74, 6) is -0.345. The monoisotopic (exact) mass is 777 g/mol. The molecule has 3 fully saturated rings. The Morgan fingerprint density at radius 2 is 1.41 bits per heavy atom. The molecule has 5 amide bonds. The fourth-order valence-electron chi connectivity index (χ4n) is 10.5. The first-order chi connectivity index (χ1) is 28.2. The summed E-state index contributed by atoms with van der Waals surface area (Å²) in [6.45, 7) is 5.22. The number of benzene rings is 4. The summed E-state index contributed by atoms with van der Waals surface area (Å²) in [7, 11) is 0. The first-order valence-electron chi connectivity index (χ1n) is 20.8. The van der Waals surface area contributed by atoms with Crippen LogP contribution in [-0.2, 0) is 33.9 Å². The highest BCUT2D eigenvalue weighted by Gasteiger charge is 2.46. The van der Waals surface area contributed by atoms with Gasteiger partial charge in [0.05, 0.1) is 17.0 Å². The van der Waals surface area contributed by atoms with E-state index in [1.54, 1.807) is 0 Å². The van der Waals surface area contributed by atoms with Crippen LogP contribution in [0.25, 0.3) is 0 Å². The second-order valence-corrected chi connectivity index (χ2v) is 17.2. The van der Waals surface area contributed by atoms with Gasteiger partial charge in [0.15, 0.2) is 0 Å². The van der Waals surface area contributed by atoms with E-state index in [1.165, 1.54) is 22.3 Å². The standard InChI is InChI=1S/C47H47N5O6/c53-36-11-13-38-31(20-36)8-12-37(29-4-2-1-3-5-29)43(38)30-6-9-35(10-7-30)51-26-34(27-51)45(56)50-18-16-28(17-19-50)23-49-24-32-21-39-40(22-33(32)25-49)47(58)52(46(39)57)41-14-15-42(54)48-44(41)55/h1-7,9-11,13,20-22,28,34,37,41,43,53H,8,12,14-19,23-27H2,(H,48,54,55)/t37-,41-,43+/m1/s1. The molecule has 4 aromatic rings. The van der Waals surface area contributed by atoms with Crippen LogP contribution in [0.4, 0.5) is 5.69 Å². The fraction of sp³-hybridized carbons (Fsp3) is 0.383. The van der Waals surface area contributed by atoms with E-state index < -0.39 is 23.8 Å². The fourth-order valence-corrected chi connectivity index (χ4v) is 10.5. The lowest BCUT2D eigenvalue weighted by Crippen LogP contribution is -2.56. The van der Waals surface area contributed by atoms with E-state index in [9.17, 15) is 29.1 Å². The van der Waals surface area contributed by atoms with E-state index in [1.807, 2.05) is 24.3 Å². The molecule has 58 heavy (non-hydrogen) atoms. The summed E-state index contributed by atoms with van der Waals surface area (Å²) in [5, 5.41) is 12.5. The second kappa shape index (κ2) is 14.5. The number of hydrogen-bond donors (Lipinski definition) is 2. The number of amides is 5. The number of carbonyl (C=O) groups is 5. The molecule has 296 valence electrons. The van der Waals surface area contributed by atoms with Gasteiger partial charge in [0.2, 0.25) is 17.7 Å². The third kappa shape index (κ3) is 6.45. The van der Waals surface area contributed by atoms with Crippen molar-refractivity contribution in [1.29, 1.82) is 0 Å². The highest BCUT2D eigenvalue weighted by Crippen LogP contribution is 2.47. The molecule has 0 saturated carbocycles. The maximum absolute atomic E-state index is 13.6. The number of phenolic OH excluding ortho intramolecular Hbond substituents is 1. The van der Waals surface area contributed by atoms with Crippen LogP contribution in [0.2, 0.25) is 0 Å². The predicted molar refractivity (Wildman–Crippen MR) is 216 cm³/mol. The van der Waals surface area contributed by atoms with Gasteiger partial charge < -0.3 is 14.9 Å². The predicted octanol–water partition coefficient (Wildman–Crippen LogP) is 5.35. The van der Waals surface area contributed by atoms with Crippen molar-refractivity contribution in [3.05, 3.63) is 129 Å². The summed E-state index contributed by atoms with van der Waals surface area (Å²) >= 11 is 0. The number of nitrogens with zero attached hydrogens (tertiary/aromatic N) is 4. The molecular formula is C47H47N5O6. The molecule has 3 saturated heterocycles. The van der Waals surface area contributed by atoms with Crippen LogP contribution in [0.3, 0.4) is 0 Å². The van der Waals surface area contributed by atoms with Gasteiger partial charge in [-0.3, -0.25) is 39.1 Å². The van der Waals surface area contributed by atoms with Crippen LogP contribution in [-0.4, -0.2) is 88.1 Å². The minimum absolute atomic E-state index is 0.00273. The molecule has 6 aliphatic rings. The number of likely N-dealkylation sites (tertiary alicyclic amines) is 1. The van der Waals surface area contributed by atoms with E-state index in [0.717, 1.165) is 80.1 Å². The normalized spacial score (nSPS) is 23.7. The van der Waals surface area contributed by atoms with Crippen LogP contribution >= 0.6 is 0 Å². The number of imide groups is 2. The first-order valence-corrected chi connectivity index (χ1v) is 20.8. The quantitative estimate of drug-likeness (QED) is 0.241. The van der Waals surface area contributed by atoms with Gasteiger partial charge >= 0.3 is 0 Å². The number of carbonyl (C=O) groups excluding carboxylic acids is 5. The molecule has 0 unspecified atom stereocenters. The number of anilines is 1. The van der Waals surface area contributed by atoms with Crippen molar-refractivity contribution < 1.29 is 29.1 Å². The van der Waals surface area contributed by atoms with Crippen LogP contribution in [0.15, 0.2) is 84.9 Å². The molecule has 0 aromatic heterocycles. The number of nitrogens with one attached hydrogen (secondary N) is 1. The number of phenols is 1. The van der Waals surface area contributed by atoms with Gasteiger partial charge in [-0.15, -0.1) is 0 Å². The molecule has 0 radical (unpaired) electrons. The van der Waals surface area contributed by atoms with Crippen LogP contribution in [0.1, 0.15) is 98.0 Å². The molecular weight excluding hydrogens is 731 g/mol. The lowest BCUT2D eigenvalue weighted by Gasteiger charge is -2.44. The molecule has 5 heterocycles. The van der Waals surface area contributed by atoms with E-state index in [2.05, 4.69) is 80.7 Å². The van der Waals surface area contributed by atoms with Gasteiger partial charge in [-0.05, 0) is 114 Å². The lowest BCUT2D eigenvalue weighted by molar-refractivity contribution is -0.138. The summed E-state index contributed by atoms with van der Waals surface area (Å²) in [6, 6.07) is 28.2. The molecule has 0 spiro atoms. The Morgan fingerprint density at radius 3 is 2.09 bits per heavy atom. The Labute approximate surface area is 337 Å². The Balaban J connectivity index is 0.717. The zero-order chi connectivity index (χ0) is 39.7. The molecule has 11 nitrogen and oxygen atoms in total. The molecule has 11 heteroatoms. The van der Waals surface area contributed by atoms with Crippen molar-refractivity contribution in [3.63, 3.8) is 0 Å². The zero-order valence-electron chi connectivity index (χ0n) is 32.4. The van der Waals surface area contributed by atoms with Gasteiger partial charge in [0.1, 0.15) is 11.8 Å². The number of rotatable bonds is 7. The van der Waals surface area contributed by atoms with Gasteiger partial charge in [0, 0.05) is 63.8 Å². The minimum Gasteiger partial charge on any atom is -0.508 e. The third-order valence-corrected chi connectivity index (χ3v) is 13.7. The number of hydrogen-bond acceptors (Lipinski definition) is 8. The Morgan fingerprint density at radius 1 is 0.724 bits per heavy atom. The van der Waals surface area contributed by atoms with Gasteiger partial charge in [-0.2, -0.15) is 0 Å². The van der Waals surface area contributed by atoms with Crippen molar-refractivity contribution in [2.24, 2.45) is 11.8 Å². The molecule has 10 rings (SSSR count). The van der Waals surface area contributed by atoms with E-state index in [4.69, 9.17) is 0 Å². The lowest BCUT2D eigenvalue weighted by atomic mass is 9.69. The molecule has 3 atom stereocenters. The highest BCUT2D eigenvalue weighted by molar-refractivity contribution is 6.23. The summed E-state index contributed by atoms with van der Waals surface area (Å²) in [4.78, 5) is 72.1. The van der Waals surface area contributed by atoms with Crippen molar-refractivity contribution in [3.8, 4) is 5.75 Å². The smallest absolute Gasteiger partial charge is 0.262 e. The van der Waals surface area contributed by atoms with E-state index in [-0.39, 0.29) is 36.5 Å². The number of fused-ring (bicyclic) bond motifs is 3. The van der Waals surface area contributed by atoms with Crippen molar-refractivity contribution in [1.82, 2.24) is 20.0 Å². The van der Waals surface area contributed by atoms with Gasteiger partial charge in [-0.25, -0.2) is 0 Å². The zero-order valence-corrected chi connectivity index (χ0v) is 32.4. The topological polar surface area (TPSA) is 131 Å². The second-order valence-electron chi connectivity index (χ2n) is 17.2. The molecule has 1 aliphatic carbocycles. The average Bonchev–Trinajstić information content (AvgIpc) is 3.72. The average molecular weight is 778 g/mol. The number of aromatic hydroxyl groups is 1. The van der Waals surface area contributed by atoms with Crippen LogP contribution in [0, 0.1) is 11.8 Å². The SMILES string of the molecule is O=C1CC[C@@H](N2C(=O)c3cc4c(cc3C2=O)CN(CC2CCN(C(=O)C3CN(c5ccc([C@@H]6c7ccc(O)cc7CC[C@@H]6c6ccccc6)cc5)C3)CC2)C4)C(=O)N1.